The van der Waals surface area contributed by atoms with Crippen LogP contribution in [0.5, 0.6) is 5.75 Å². The topological polar surface area (TPSA) is 9.23 Å². The molecule has 0 fully saturated rings. The minimum atomic E-state index is -5.11. The minimum Gasteiger partial charge on any atom is -0.403 e. The van der Waals surface area contributed by atoms with Gasteiger partial charge in [0.1, 0.15) is 17.5 Å². The van der Waals surface area contributed by atoms with Crippen LogP contribution in [0.4, 0.5) is 30.7 Å². The molecule has 34 heavy (non-hydrogen) atoms. The fourth-order valence-corrected chi connectivity index (χ4v) is 4.19. The van der Waals surface area contributed by atoms with Gasteiger partial charge in [0.2, 0.25) is 0 Å². The third kappa shape index (κ3) is 4.81. The maximum absolute atomic E-state index is 15.3. The molecule has 1 nitrogen and oxygen atoms in total. The average molecular weight is 480 g/mol. The van der Waals surface area contributed by atoms with Gasteiger partial charge in [0.25, 0.3) is 0 Å². The van der Waals surface area contributed by atoms with E-state index in [2.05, 4.69) is 4.74 Å². The highest BCUT2D eigenvalue weighted by atomic mass is 19.4. The lowest BCUT2D eigenvalue weighted by atomic mass is 9.85. The highest BCUT2D eigenvalue weighted by Gasteiger charge is 2.32. The van der Waals surface area contributed by atoms with Crippen molar-refractivity contribution in [1.82, 2.24) is 0 Å². The van der Waals surface area contributed by atoms with E-state index in [1.807, 2.05) is 13.0 Å². The summed E-state index contributed by atoms with van der Waals surface area (Å²) in [6.07, 6.45) is -1.69. The lowest BCUT2D eigenvalue weighted by Gasteiger charge is -2.21. The zero-order valence-electron chi connectivity index (χ0n) is 18.0. The fraction of sp³-hybridized carbons (Fsp3) is 0.231. The Labute approximate surface area is 191 Å². The summed E-state index contributed by atoms with van der Waals surface area (Å²) < 4.78 is 99.6. The van der Waals surface area contributed by atoms with E-state index < -0.39 is 40.9 Å². The van der Waals surface area contributed by atoms with Gasteiger partial charge < -0.3 is 4.74 Å². The van der Waals surface area contributed by atoms with Gasteiger partial charge in [0.05, 0.1) is 5.56 Å². The number of ether oxygens (including phenoxy) is 1. The molecule has 8 heteroatoms. The number of allylic oxidation sites excluding steroid dienone is 2. The molecular weight excluding hydrogens is 461 g/mol. The summed E-state index contributed by atoms with van der Waals surface area (Å²) in [5, 5.41) is 0. The molecule has 0 radical (unpaired) electrons. The van der Waals surface area contributed by atoms with E-state index in [9.17, 15) is 26.3 Å². The van der Waals surface area contributed by atoms with Gasteiger partial charge >= 0.3 is 6.36 Å². The standard InChI is InChI=1S/C26H19F7O/c1-2-3-14-4-7-18(20(27)10-14)15-5-8-19-17(11-15)13-22(29)24(25(19)30)16-6-9-23(21(28)12-16)34-26(31,32)33/h4-7,9-10,12-13H,2-3,8,11H2,1H3. The van der Waals surface area contributed by atoms with Crippen LogP contribution in [-0.4, -0.2) is 6.36 Å². The Balaban J connectivity index is 1.66. The Morgan fingerprint density at radius 1 is 0.882 bits per heavy atom. The van der Waals surface area contributed by atoms with Crippen LogP contribution in [0, 0.1) is 23.3 Å². The molecular formula is C26H19F7O. The Morgan fingerprint density at radius 3 is 2.29 bits per heavy atom. The fourth-order valence-electron chi connectivity index (χ4n) is 4.19. The molecule has 4 rings (SSSR count). The molecule has 0 saturated heterocycles. The lowest BCUT2D eigenvalue weighted by molar-refractivity contribution is -0.275. The van der Waals surface area contributed by atoms with Crippen molar-refractivity contribution >= 4 is 5.57 Å². The first-order valence-corrected chi connectivity index (χ1v) is 10.6. The Hall–Kier alpha value is -3.29. The van der Waals surface area contributed by atoms with Gasteiger partial charge in [-0.05, 0) is 71.4 Å². The lowest BCUT2D eigenvalue weighted by Crippen LogP contribution is -2.18. The number of rotatable bonds is 5. The molecule has 1 aliphatic rings. The van der Waals surface area contributed by atoms with Crippen LogP contribution in [0.15, 0.2) is 48.5 Å². The zero-order valence-corrected chi connectivity index (χ0v) is 18.0. The second-order valence-corrected chi connectivity index (χ2v) is 8.05. The first-order chi connectivity index (χ1) is 16.1. The molecule has 0 spiro atoms. The van der Waals surface area contributed by atoms with E-state index in [0.29, 0.717) is 28.8 Å². The number of fused-ring (bicyclic) bond motifs is 1. The molecule has 0 N–H and O–H groups in total. The van der Waals surface area contributed by atoms with Gasteiger partial charge in [-0.3, -0.25) is 0 Å². The van der Waals surface area contributed by atoms with E-state index in [-0.39, 0.29) is 24.0 Å². The molecule has 0 amide bonds. The van der Waals surface area contributed by atoms with E-state index in [4.69, 9.17) is 0 Å². The number of halogens is 7. The zero-order chi connectivity index (χ0) is 24.6. The summed E-state index contributed by atoms with van der Waals surface area (Å²) in [5.41, 5.74) is 1.49. The third-order valence-corrected chi connectivity index (χ3v) is 5.71. The summed E-state index contributed by atoms with van der Waals surface area (Å²) in [7, 11) is 0. The molecule has 3 aromatic carbocycles. The smallest absolute Gasteiger partial charge is 0.403 e. The van der Waals surface area contributed by atoms with Crippen LogP contribution in [0.3, 0.4) is 0 Å². The van der Waals surface area contributed by atoms with Crippen molar-refractivity contribution in [2.24, 2.45) is 0 Å². The summed E-state index contributed by atoms with van der Waals surface area (Å²) in [6, 6.07) is 8.25. The normalized spacial score (nSPS) is 13.5. The summed E-state index contributed by atoms with van der Waals surface area (Å²) in [6.45, 7) is 1.99. The van der Waals surface area contributed by atoms with Crippen molar-refractivity contribution < 1.29 is 35.5 Å². The molecule has 0 bridgehead atoms. The molecule has 178 valence electrons. The van der Waals surface area contributed by atoms with Gasteiger partial charge in [0, 0.05) is 5.56 Å². The molecule has 0 aliphatic heterocycles. The van der Waals surface area contributed by atoms with Crippen LogP contribution in [0.2, 0.25) is 0 Å². The maximum Gasteiger partial charge on any atom is 0.573 e. The van der Waals surface area contributed by atoms with Crippen LogP contribution in [-0.2, 0) is 19.3 Å². The van der Waals surface area contributed by atoms with Crippen molar-refractivity contribution in [2.45, 2.75) is 39.0 Å². The molecule has 0 unspecified atom stereocenters. The van der Waals surface area contributed by atoms with Crippen LogP contribution in [0.25, 0.3) is 16.7 Å². The van der Waals surface area contributed by atoms with E-state index in [1.165, 1.54) is 6.07 Å². The van der Waals surface area contributed by atoms with Crippen molar-refractivity contribution in [3.8, 4) is 16.9 Å². The predicted molar refractivity (Wildman–Crippen MR) is 114 cm³/mol. The van der Waals surface area contributed by atoms with Crippen molar-refractivity contribution in [3.05, 3.63) is 94.1 Å². The summed E-state index contributed by atoms with van der Waals surface area (Å²) >= 11 is 0. The summed E-state index contributed by atoms with van der Waals surface area (Å²) in [5.74, 6) is -4.85. The van der Waals surface area contributed by atoms with Crippen LogP contribution in [0.1, 0.15) is 35.6 Å². The quantitative estimate of drug-likeness (QED) is 0.337. The first kappa shape index (κ1) is 23.9. The molecule has 0 atom stereocenters. The van der Waals surface area contributed by atoms with E-state index in [1.54, 1.807) is 12.1 Å². The van der Waals surface area contributed by atoms with Crippen LogP contribution >= 0.6 is 0 Å². The molecule has 0 aromatic heterocycles. The molecule has 3 aromatic rings. The minimum absolute atomic E-state index is 0.0533. The Bertz CT molecular complexity index is 1280. The highest BCUT2D eigenvalue weighted by Crippen LogP contribution is 2.38. The van der Waals surface area contributed by atoms with Crippen molar-refractivity contribution in [2.75, 3.05) is 0 Å². The van der Waals surface area contributed by atoms with Gasteiger partial charge in [-0.1, -0.05) is 37.6 Å². The average Bonchev–Trinajstić information content (AvgIpc) is 2.75. The SMILES string of the molecule is CCCc1ccc(C2=CCc3c(cc(F)c(-c4ccc(OC(F)(F)F)c(F)c4)c3F)C2)c(F)c1. The number of aryl methyl sites for hydroxylation is 1. The van der Waals surface area contributed by atoms with Gasteiger partial charge in [-0.15, -0.1) is 13.2 Å². The molecule has 1 aliphatic carbocycles. The molecule has 0 saturated carbocycles. The second kappa shape index (κ2) is 9.16. The maximum atomic E-state index is 15.3. The number of hydrogen-bond acceptors (Lipinski definition) is 1. The monoisotopic (exact) mass is 480 g/mol. The Morgan fingerprint density at radius 2 is 1.65 bits per heavy atom. The Kier molecular flexibility index (Phi) is 6.43. The highest BCUT2D eigenvalue weighted by molar-refractivity contribution is 5.74. The number of alkyl halides is 3. The van der Waals surface area contributed by atoms with Crippen molar-refractivity contribution in [1.29, 1.82) is 0 Å². The first-order valence-electron chi connectivity index (χ1n) is 10.6. The van der Waals surface area contributed by atoms with E-state index in [0.717, 1.165) is 30.5 Å². The largest absolute Gasteiger partial charge is 0.573 e. The third-order valence-electron chi connectivity index (χ3n) is 5.71. The van der Waals surface area contributed by atoms with Crippen LogP contribution < -0.4 is 4.74 Å². The second-order valence-electron chi connectivity index (χ2n) is 8.05. The van der Waals surface area contributed by atoms with Crippen molar-refractivity contribution in [3.63, 3.8) is 0 Å². The predicted octanol–water partition coefficient (Wildman–Crippen LogP) is 7.94. The van der Waals surface area contributed by atoms with Gasteiger partial charge in [0.15, 0.2) is 11.6 Å². The van der Waals surface area contributed by atoms with Gasteiger partial charge in [-0.2, -0.15) is 0 Å². The summed E-state index contributed by atoms with van der Waals surface area (Å²) in [4.78, 5) is 0. The number of benzene rings is 3. The van der Waals surface area contributed by atoms with E-state index >= 15 is 4.39 Å². The molecule has 0 heterocycles. The number of hydrogen-bond donors (Lipinski definition) is 0. The van der Waals surface area contributed by atoms with Gasteiger partial charge in [-0.25, -0.2) is 17.6 Å².